The zero-order valence-electron chi connectivity index (χ0n) is 17.9. The summed E-state index contributed by atoms with van der Waals surface area (Å²) in [6, 6.07) is 26.0. The number of benzene rings is 3. The molecular formula is C27H28N2S. The molecule has 0 fully saturated rings. The topological polar surface area (TPSA) is 17.3 Å². The lowest BCUT2D eigenvalue weighted by molar-refractivity contribution is 0.683. The van der Waals surface area contributed by atoms with E-state index >= 15 is 0 Å². The second-order valence-electron chi connectivity index (χ2n) is 7.74. The van der Waals surface area contributed by atoms with Crippen LogP contribution in [0.3, 0.4) is 0 Å². The molecule has 0 aliphatic heterocycles. The van der Waals surface area contributed by atoms with Gasteiger partial charge in [0.15, 0.2) is 4.80 Å². The summed E-state index contributed by atoms with van der Waals surface area (Å²) < 4.78 is 2.38. The molecule has 1 aromatic heterocycles. The van der Waals surface area contributed by atoms with E-state index in [2.05, 4.69) is 104 Å². The molecular weight excluding hydrogens is 384 g/mol. The van der Waals surface area contributed by atoms with E-state index < -0.39 is 0 Å². The van der Waals surface area contributed by atoms with Gasteiger partial charge in [-0.2, -0.15) is 0 Å². The summed E-state index contributed by atoms with van der Waals surface area (Å²) in [6.45, 7) is 7.43. The molecule has 0 bridgehead atoms. The van der Waals surface area contributed by atoms with Crippen molar-refractivity contribution in [3.63, 3.8) is 0 Å². The molecule has 3 heteroatoms. The minimum Gasteiger partial charge on any atom is -0.316 e. The Balaban J connectivity index is 1.77. The third kappa shape index (κ3) is 4.63. The molecule has 0 saturated heterocycles. The zero-order valence-corrected chi connectivity index (χ0v) is 18.7. The standard InChI is InChI=1S/C27H28N2S/c1-4-22-11-13-24(14-12-22)28-27-29(17-16-23-8-6-5-7-9-23)26(19-30-27)25-15-10-20(2)18-21(25)3/h5-15,18-19H,4,16-17H2,1-3H3. The van der Waals surface area contributed by atoms with Crippen LogP contribution in [0.2, 0.25) is 0 Å². The van der Waals surface area contributed by atoms with Crippen LogP contribution in [0, 0.1) is 13.8 Å². The molecule has 3 aromatic carbocycles. The Labute approximate surface area is 183 Å². The highest BCUT2D eigenvalue weighted by molar-refractivity contribution is 7.07. The predicted octanol–water partition coefficient (Wildman–Crippen LogP) is 6.87. The normalized spacial score (nSPS) is 11.8. The minimum atomic E-state index is 0.905. The molecule has 0 aliphatic rings. The SMILES string of the molecule is CCc1ccc(N=c2scc(-c3ccc(C)cc3C)n2CCc2ccccc2)cc1. The van der Waals surface area contributed by atoms with Crippen molar-refractivity contribution < 1.29 is 0 Å². The summed E-state index contributed by atoms with van der Waals surface area (Å²) in [4.78, 5) is 6.05. The second kappa shape index (κ2) is 9.27. The second-order valence-corrected chi connectivity index (χ2v) is 8.58. The van der Waals surface area contributed by atoms with Crippen LogP contribution in [0.1, 0.15) is 29.2 Å². The van der Waals surface area contributed by atoms with Gasteiger partial charge in [-0.05, 0) is 55.5 Å². The maximum absolute atomic E-state index is 5.00. The van der Waals surface area contributed by atoms with Crippen molar-refractivity contribution in [2.24, 2.45) is 4.99 Å². The quantitative estimate of drug-likeness (QED) is 0.329. The molecule has 0 aliphatic carbocycles. The van der Waals surface area contributed by atoms with E-state index in [4.69, 9.17) is 4.99 Å². The summed E-state index contributed by atoms with van der Waals surface area (Å²) in [7, 11) is 0. The molecule has 4 rings (SSSR count). The van der Waals surface area contributed by atoms with Crippen LogP contribution in [0.15, 0.2) is 83.2 Å². The van der Waals surface area contributed by atoms with Gasteiger partial charge in [-0.1, -0.05) is 73.2 Å². The molecule has 0 saturated carbocycles. The molecule has 30 heavy (non-hydrogen) atoms. The van der Waals surface area contributed by atoms with Gasteiger partial charge in [0.25, 0.3) is 0 Å². The predicted molar refractivity (Wildman–Crippen MR) is 128 cm³/mol. The van der Waals surface area contributed by atoms with Gasteiger partial charge in [0.1, 0.15) is 0 Å². The number of thiazole rings is 1. The largest absolute Gasteiger partial charge is 0.316 e. The van der Waals surface area contributed by atoms with E-state index in [1.54, 1.807) is 11.3 Å². The number of hydrogen-bond donors (Lipinski definition) is 0. The highest BCUT2D eigenvalue weighted by Crippen LogP contribution is 2.26. The van der Waals surface area contributed by atoms with Crippen molar-refractivity contribution in [2.75, 3.05) is 0 Å². The highest BCUT2D eigenvalue weighted by Gasteiger charge is 2.11. The van der Waals surface area contributed by atoms with Gasteiger partial charge in [0.05, 0.1) is 11.4 Å². The first kappa shape index (κ1) is 20.4. The molecule has 0 spiro atoms. The van der Waals surface area contributed by atoms with Gasteiger partial charge < -0.3 is 4.57 Å². The molecule has 0 unspecified atom stereocenters. The monoisotopic (exact) mass is 412 g/mol. The van der Waals surface area contributed by atoms with Crippen LogP contribution >= 0.6 is 11.3 Å². The minimum absolute atomic E-state index is 0.905. The van der Waals surface area contributed by atoms with Gasteiger partial charge in [-0.3, -0.25) is 0 Å². The summed E-state index contributed by atoms with van der Waals surface area (Å²) >= 11 is 1.72. The Morgan fingerprint density at radius 2 is 1.63 bits per heavy atom. The van der Waals surface area contributed by atoms with E-state index in [1.165, 1.54) is 33.5 Å². The fraction of sp³-hybridized carbons (Fsp3) is 0.222. The molecule has 0 N–H and O–H groups in total. The first-order valence-electron chi connectivity index (χ1n) is 10.6. The van der Waals surface area contributed by atoms with Crippen LogP contribution in [0.5, 0.6) is 0 Å². The molecule has 0 amide bonds. The van der Waals surface area contributed by atoms with E-state index in [9.17, 15) is 0 Å². The number of hydrogen-bond acceptors (Lipinski definition) is 2. The molecule has 0 atom stereocenters. The maximum Gasteiger partial charge on any atom is 0.190 e. The lowest BCUT2D eigenvalue weighted by Crippen LogP contribution is -2.17. The Morgan fingerprint density at radius 1 is 0.867 bits per heavy atom. The fourth-order valence-corrected chi connectivity index (χ4v) is 4.70. The molecule has 2 nitrogen and oxygen atoms in total. The Morgan fingerprint density at radius 3 is 2.33 bits per heavy atom. The summed E-state index contributed by atoms with van der Waals surface area (Å²) in [6.07, 6.45) is 2.03. The van der Waals surface area contributed by atoms with Crippen molar-refractivity contribution in [2.45, 2.75) is 40.2 Å². The molecule has 1 heterocycles. The van der Waals surface area contributed by atoms with Crippen LogP contribution in [-0.2, 0) is 19.4 Å². The van der Waals surface area contributed by atoms with Gasteiger partial charge in [0, 0.05) is 17.5 Å². The van der Waals surface area contributed by atoms with E-state index in [0.29, 0.717) is 0 Å². The first-order valence-corrected chi connectivity index (χ1v) is 11.5. The maximum atomic E-state index is 5.00. The number of aromatic nitrogens is 1. The lowest BCUT2D eigenvalue weighted by Gasteiger charge is -2.12. The summed E-state index contributed by atoms with van der Waals surface area (Å²) in [5.41, 5.74) is 8.83. The highest BCUT2D eigenvalue weighted by atomic mass is 32.1. The number of rotatable bonds is 6. The van der Waals surface area contributed by atoms with Crippen LogP contribution in [0.4, 0.5) is 5.69 Å². The van der Waals surface area contributed by atoms with Gasteiger partial charge in [-0.25, -0.2) is 4.99 Å². The summed E-state index contributed by atoms with van der Waals surface area (Å²) in [5, 5.41) is 2.25. The zero-order chi connectivity index (χ0) is 20.9. The molecule has 0 radical (unpaired) electrons. The van der Waals surface area contributed by atoms with Gasteiger partial charge in [0.2, 0.25) is 0 Å². The Bertz CT molecular complexity index is 1180. The third-order valence-corrected chi connectivity index (χ3v) is 6.36. The van der Waals surface area contributed by atoms with Crippen molar-refractivity contribution >= 4 is 17.0 Å². The van der Waals surface area contributed by atoms with Gasteiger partial charge >= 0.3 is 0 Å². The van der Waals surface area contributed by atoms with Crippen molar-refractivity contribution in [3.8, 4) is 11.3 Å². The Kier molecular flexibility index (Phi) is 6.29. The van der Waals surface area contributed by atoms with Crippen LogP contribution < -0.4 is 4.80 Å². The van der Waals surface area contributed by atoms with E-state index in [1.807, 2.05) is 0 Å². The van der Waals surface area contributed by atoms with E-state index in [-0.39, 0.29) is 0 Å². The van der Waals surface area contributed by atoms with Crippen LogP contribution in [0.25, 0.3) is 11.3 Å². The molecule has 152 valence electrons. The van der Waals surface area contributed by atoms with E-state index in [0.717, 1.165) is 29.9 Å². The average Bonchev–Trinajstić information content (AvgIpc) is 3.15. The van der Waals surface area contributed by atoms with Gasteiger partial charge in [-0.15, -0.1) is 11.3 Å². The summed E-state index contributed by atoms with van der Waals surface area (Å²) in [5.74, 6) is 0. The van der Waals surface area contributed by atoms with Crippen molar-refractivity contribution in [1.29, 1.82) is 0 Å². The van der Waals surface area contributed by atoms with Crippen LogP contribution in [-0.4, -0.2) is 4.57 Å². The fourth-order valence-electron chi connectivity index (χ4n) is 3.75. The van der Waals surface area contributed by atoms with Crippen molar-refractivity contribution in [3.05, 3.63) is 105 Å². The third-order valence-electron chi connectivity index (χ3n) is 5.49. The molecule has 4 aromatic rings. The Hall–Kier alpha value is -2.91. The number of nitrogens with zero attached hydrogens (tertiary/aromatic N) is 2. The number of aryl methyl sites for hydroxylation is 4. The average molecular weight is 413 g/mol. The first-order chi connectivity index (χ1) is 14.6. The lowest BCUT2D eigenvalue weighted by atomic mass is 10.0. The van der Waals surface area contributed by atoms with Crippen molar-refractivity contribution in [1.82, 2.24) is 4.57 Å². The smallest absolute Gasteiger partial charge is 0.190 e.